The van der Waals surface area contributed by atoms with E-state index in [1.165, 1.54) is 0 Å². The summed E-state index contributed by atoms with van der Waals surface area (Å²) in [7, 11) is 1.75. The second-order valence-corrected chi connectivity index (χ2v) is 7.92. The zero-order chi connectivity index (χ0) is 21.0. The van der Waals surface area contributed by atoms with E-state index in [1.54, 1.807) is 41.1 Å². The number of rotatable bonds is 2. The van der Waals surface area contributed by atoms with Gasteiger partial charge in [0.2, 0.25) is 5.76 Å². The Balaban J connectivity index is 1.78. The van der Waals surface area contributed by atoms with Crippen molar-refractivity contribution in [2.75, 3.05) is 33.3 Å². The molecule has 2 aromatic rings. The van der Waals surface area contributed by atoms with Crippen molar-refractivity contribution in [3.05, 3.63) is 46.3 Å². The number of halogens is 1. The van der Waals surface area contributed by atoms with Gasteiger partial charge in [-0.1, -0.05) is 30.6 Å². The van der Waals surface area contributed by atoms with Gasteiger partial charge in [-0.05, 0) is 37.0 Å². The Bertz CT molecular complexity index is 881. The Morgan fingerprint density at radius 1 is 1.17 bits per heavy atom. The molecule has 7 nitrogen and oxygen atoms in total. The minimum absolute atomic E-state index is 0.126. The Morgan fingerprint density at radius 2 is 1.93 bits per heavy atom. The van der Waals surface area contributed by atoms with Crippen LogP contribution in [0.15, 0.2) is 28.8 Å². The van der Waals surface area contributed by atoms with Crippen LogP contribution in [0.1, 0.15) is 59.2 Å². The third-order valence-electron chi connectivity index (χ3n) is 4.93. The normalized spacial score (nSPS) is 16.1. The molecule has 0 fully saturated rings. The second kappa shape index (κ2) is 9.31. The molecule has 0 unspecified atom stereocenters. The van der Waals surface area contributed by atoms with Crippen molar-refractivity contribution in [1.82, 2.24) is 15.0 Å². The van der Waals surface area contributed by atoms with E-state index in [0.717, 1.165) is 18.5 Å². The summed E-state index contributed by atoms with van der Waals surface area (Å²) in [6, 6.07) is 6.69. The quantitative estimate of drug-likeness (QED) is 0.739. The van der Waals surface area contributed by atoms with Gasteiger partial charge in [0.25, 0.3) is 11.8 Å². The van der Waals surface area contributed by atoms with Gasteiger partial charge in [0.1, 0.15) is 12.4 Å². The second-order valence-electron chi connectivity index (χ2n) is 7.49. The van der Waals surface area contributed by atoms with Gasteiger partial charge in [-0.2, -0.15) is 0 Å². The van der Waals surface area contributed by atoms with E-state index < -0.39 is 0 Å². The molecule has 29 heavy (non-hydrogen) atoms. The largest absolute Gasteiger partial charge is 0.491 e. The lowest BCUT2D eigenvalue weighted by Gasteiger charge is -2.25. The van der Waals surface area contributed by atoms with Crippen molar-refractivity contribution in [3.63, 3.8) is 0 Å². The Labute approximate surface area is 175 Å². The number of benzene rings is 1. The summed E-state index contributed by atoms with van der Waals surface area (Å²) in [4.78, 5) is 29.0. The number of nitrogens with zero attached hydrogens (tertiary/aromatic N) is 3. The molecular formula is C21H26ClN3O4. The molecule has 2 amide bonds. The minimum atomic E-state index is -0.203. The first-order chi connectivity index (χ1) is 13.9. The third kappa shape index (κ3) is 5.09. The van der Waals surface area contributed by atoms with Crippen LogP contribution in [0.25, 0.3) is 0 Å². The molecule has 0 saturated heterocycles. The molecule has 1 aliphatic rings. The smallest absolute Gasteiger partial charge is 0.292 e. The summed E-state index contributed by atoms with van der Waals surface area (Å²) in [5.41, 5.74) is 1.18. The summed E-state index contributed by atoms with van der Waals surface area (Å²) >= 11 is 6.08. The molecule has 1 aliphatic heterocycles. The van der Waals surface area contributed by atoms with Gasteiger partial charge in [0.05, 0.1) is 17.8 Å². The maximum absolute atomic E-state index is 12.9. The first kappa shape index (κ1) is 21.2. The van der Waals surface area contributed by atoms with Crippen molar-refractivity contribution < 1.29 is 18.8 Å². The lowest BCUT2D eigenvalue weighted by atomic mass is 10.1. The summed E-state index contributed by atoms with van der Waals surface area (Å²) in [5.74, 6) is 0.553. The predicted octanol–water partition coefficient (Wildman–Crippen LogP) is 3.84. The van der Waals surface area contributed by atoms with Crippen LogP contribution in [0.5, 0.6) is 5.75 Å². The van der Waals surface area contributed by atoms with E-state index in [2.05, 4.69) is 5.16 Å². The number of carbonyl (C=O) groups is 2. The van der Waals surface area contributed by atoms with Crippen molar-refractivity contribution in [1.29, 1.82) is 0 Å². The summed E-state index contributed by atoms with van der Waals surface area (Å²) < 4.78 is 11.1. The van der Waals surface area contributed by atoms with Crippen LogP contribution < -0.4 is 4.74 Å². The molecule has 0 bridgehead atoms. The molecule has 8 heteroatoms. The SMILES string of the molecule is CC(C)c1cc(C(=O)N2CCCCN(C)C(=O)c3cc(Cl)ccc3OCC2)on1. The van der Waals surface area contributed by atoms with Crippen LogP contribution in [-0.4, -0.2) is 60.1 Å². The Kier molecular flexibility index (Phi) is 6.79. The number of hydrogen-bond acceptors (Lipinski definition) is 5. The van der Waals surface area contributed by atoms with E-state index in [0.29, 0.717) is 36.0 Å². The highest BCUT2D eigenvalue weighted by Crippen LogP contribution is 2.25. The highest BCUT2D eigenvalue weighted by molar-refractivity contribution is 6.31. The van der Waals surface area contributed by atoms with Crippen LogP contribution in [-0.2, 0) is 0 Å². The molecular weight excluding hydrogens is 394 g/mol. The fourth-order valence-electron chi connectivity index (χ4n) is 3.15. The van der Waals surface area contributed by atoms with Gasteiger partial charge in [0.15, 0.2) is 0 Å². The Hall–Kier alpha value is -2.54. The van der Waals surface area contributed by atoms with E-state index in [-0.39, 0.29) is 30.1 Å². The number of hydrogen-bond donors (Lipinski definition) is 0. The number of aromatic nitrogens is 1. The summed E-state index contributed by atoms with van der Waals surface area (Å²) in [6.45, 7) is 5.75. The monoisotopic (exact) mass is 419 g/mol. The molecule has 0 atom stereocenters. The first-order valence-electron chi connectivity index (χ1n) is 9.80. The number of carbonyl (C=O) groups excluding carboxylic acids is 2. The number of fused-ring (bicyclic) bond motifs is 1. The number of amides is 2. The molecule has 156 valence electrons. The van der Waals surface area contributed by atoms with Gasteiger partial charge in [-0.3, -0.25) is 9.59 Å². The van der Waals surface area contributed by atoms with Crippen molar-refractivity contribution >= 4 is 23.4 Å². The lowest BCUT2D eigenvalue weighted by Crippen LogP contribution is -2.36. The molecule has 0 radical (unpaired) electrons. The lowest BCUT2D eigenvalue weighted by molar-refractivity contribution is 0.0669. The summed E-state index contributed by atoms with van der Waals surface area (Å²) in [6.07, 6.45) is 1.54. The third-order valence-corrected chi connectivity index (χ3v) is 5.16. The molecule has 0 saturated carbocycles. The molecule has 1 aromatic carbocycles. The predicted molar refractivity (Wildman–Crippen MR) is 110 cm³/mol. The fraction of sp³-hybridized carbons (Fsp3) is 0.476. The maximum Gasteiger partial charge on any atom is 0.292 e. The molecule has 0 spiro atoms. The van der Waals surface area contributed by atoms with Crippen LogP contribution in [0.3, 0.4) is 0 Å². The highest BCUT2D eigenvalue weighted by atomic mass is 35.5. The molecule has 3 rings (SSSR count). The molecule has 1 aromatic heterocycles. The van der Waals surface area contributed by atoms with Gasteiger partial charge in [0, 0.05) is 31.2 Å². The van der Waals surface area contributed by atoms with E-state index in [4.69, 9.17) is 20.9 Å². The van der Waals surface area contributed by atoms with Crippen LogP contribution in [0.4, 0.5) is 0 Å². The van der Waals surface area contributed by atoms with Crippen LogP contribution in [0.2, 0.25) is 5.02 Å². The zero-order valence-corrected chi connectivity index (χ0v) is 17.7. The van der Waals surface area contributed by atoms with E-state index >= 15 is 0 Å². The molecule has 0 aliphatic carbocycles. The summed E-state index contributed by atoms with van der Waals surface area (Å²) in [5, 5.41) is 4.46. The van der Waals surface area contributed by atoms with Crippen LogP contribution in [0, 0.1) is 0 Å². The van der Waals surface area contributed by atoms with Gasteiger partial charge in [-0.15, -0.1) is 0 Å². The standard InChI is InChI=1S/C21H26ClN3O4/c1-14(2)17-13-19(29-23-17)21(27)25-9-5-4-8-24(3)20(26)16-12-15(22)6-7-18(16)28-11-10-25/h6-7,12-14H,4-5,8-11H2,1-3H3. The van der Waals surface area contributed by atoms with E-state index in [1.807, 2.05) is 13.8 Å². The highest BCUT2D eigenvalue weighted by Gasteiger charge is 2.23. The van der Waals surface area contributed by atoms with Crippen molar-refractivity contribution in [2.45, 2.75) is 32.6 Å². The zero-order valence-electron chi connectivity index (χ0n) is 17.0. The average Bonchev–Trinajstić information content (AvgIpc) is 3.19. The first-order valence-corrected chi connectivity index (χ1v) is 10.2. The Morgan fingerprint density at radius 3 is 2.66 bits per heavy atom. The van der Waals surface area contributed by atoms with Gasteiger partial charge in [-0.25, -0.2) is 0 Å². The fourth-order valence-corrected chi connectivity index (χ4v) is 3.32. The van der Waals surface area contributed by atoms with Crippen molar-refractivity contribution in [3.8, 4) is 5.75 Å². The molecule has 0 N–H and O–H groups in total. The average molecular weight is 420 g/mol. The van der Waals surface area contributed by atoms with Gasteiger partial charge < -0.3 is 19.1 Å². The maximum atomic E-state index is 12.9. The van der Waals surface area contributed by atoms with E-state index in [9.17, 15) is 9.59 Å². The van der Waals surface area contributed by atoms with Gasteiger partial charge >= 0.3 is 0 Å². The minimum Gasteiger partial charge on any atom is -0.491 e. The topological polar surface area (TPSA) is 75.9 Å². The van der Waals surface area contributed by atoms with Crippen molar-refractivity contribution in [2.24, 2.45) is 0 Å². The number of ether oxygens (including phenoxy) is 1. The van der Waals surface area contributed by atoms with Crippen LogP contribution >= 0.6 is 11.6 Å². The molecule has 2 heterocycles.